The molecule has 0 aliphatic carbocycles. The third-order valence-electron chi connectivity index (χ3n) is 2.18. The lowest BCUT2D eigenvalue weighted by Crippen LogP contribution is -2.34. The average Bonchev–Trinajstić information content (AvgIpc) is 2.16. The second-order valence-corrected chi connectivity index (χ2v) is 4.80. The second-order valence-electron chi connectivity index (χ2n) is 4.06. The first-order valence-electron chi connectivity index (χ1n) is 5.37. The fourth-order valence-corrected chi connectivity index (χ4v) is 1.78. The van der Waals surface area contributed by atoms with Gasteiger partial charge in [-0.3, -0.25) is 4.79 Å². The van der Waals surface area contributed by atoms with Crippen LogP contribution in [-0.4, -0.2) is 22.3 Å². The highest BCUT2D eigenvalue weighted by molar-refractivity contribution is 6.20. The van der Waals surface area contributed by atoms with Gasteiger partial charge in [0.25, 0.3) is 5.91 Å². The van der Waals surface area contributed by atoms with Crippen molar-refractivity contribution in [1.29, 1.82) is 0 Å². The van der Waals surface area contributed by atoms with Crippen molar-refractivity contribution >= 4 is 17.5 Å². The topological polar surface area (TPSA) is 42.0 Å². The maximum atomic E-state index is 11.8. The molecule has 88 valence electrons. The molecule has 0 saturated heterocycles. The van der Waals surface area contributed by atoms with E-state index in [2.05, 4.69) is 10.3 Å². The Labute approximate surface area is 101 Å². The van der Waals surface area contributed by atoms with Gasteiger partial charge in [-0.2, -0.15) is 0 Å². The van der Waals surface area contributed by atoms with Crippen LogP contribution in [0, 0.1) is 6.92 Å². The van der Waals surface area contributed by atoms with E-state index in [9.17, 15) is 4.79 Å². The summed E-state index contributed by atoms with van der Waals surface area (Å²) in [4.78, 5) is 15.9. The molecule has 0 bridgehead atoms. The van der Waals surface area contributed by atoms with Crippen LogP contribution in [0.5, 0.6) is 0 Å². The Morgan fingerprint density at radius 3 is 2.75 bits per heavy atom. The number of nitrogens with one attached hydrogen (secondary N) is 1. The molecule has 2 atom stereocenters. The smallest absolute Gasteiger partial charge is 0.270 e. The molecule has 0 aliphatic rings. The van der Waals surface area contributed by atoms with E-state index in [1.54, 1.807) is 6.07 Å². The van der Waals surface area contributed by atoms with Crippen molar-refractivity contribution in [2.45, 2.75) is 38.6 Å². The number of carbonyl (C=O) groups excluding carboxylic acids is 1. The Morgan fingerprint density at radius 1 is 1.50 bits per heavy atom. The van der Waals surface area contributed by atoms with E-state index < -0.39 is 0 Å². The summed E-state index contributed by atoms with van der Waals surface area (Å²) < 4.78 is 0. The third-order valence-corrected chi connectivity index (χ3v) is 2.35. The molecule has 0 aromatic carbocycles. The molecule has 0 aliphatic heterocycles. The highest BCUT2D eigenvalue weighted by Crippen LogP contribution is 2.05. The summed E-state index contributed by atoms with van der Waals surface area (Å²) in [7, 11) is 0. The minimum absolute atomic E-state index is 0.0563. The zero-order valence-corrected chi connectivity index (χ0v) is 10.6. The Hall–Kier alpha value is -1.09. The maximum Gasteiger partial charge on any atom is 0.270 e. The number of hydrogen-bond acceptors (Lipinski definition) is 2. The van der Waals surface area contributed by atoms with Crippen LogP contribution >= 0.6 is 11.6 Å². The van der Waals surface area contributed by atoms with E-state index in [0.717, 1.165) is 12.1 Å². The quantitative estimate of drug-likeness (QED) is 0.822. The first kappa shape index (κ1) is 13.0. The van der Waals surface area contributed by atoms with E-state index >= 15 is 0 Å². The number of pyridine rings is 1. The van der Waals surface area contributed by atoms with Crippen molar-refractivity contribution in [2.75, 3.05) is 0 Å². The van der Waals surface area contributed by atoms with Gasteiger partial charge in [0, 0.05) is 17.1 Å². The molecule has 0 fully saturated rings. The number of rotatable bonds is 4. The van der Waals surface area contributed by atoms with Gasteiger partial charge < -0.3 is 5.32 Å². The monoisotopic (exact) mass is 240 g/mol. The van der Waals surface area contributed by atoms with Crippen LogP contribution in [0.1, 0.15) is 36.5 Å². The molecule has 16 heavy (non-hydrogen) atoms. The van der Waals surface area contributed by atoms with Crippen LogP contribution < -0.4 is 5.32 Å². The van der Waals surface area contributed by atoms with Gasteiger partial charge in [-0.25, -0.2) is 4.98 Å². The molecule has 1 rings (SSSR count). The van der Waals surface area contributed by atoms with Gasteiger partial charge in [0.05, 0.1) is 0 Å². The summed E-state index contributed by atoms with van der Waals surface area (Å²) in [6.07, 6.45) is 0.749. The van der Waals surface area contributed by atoms with Gasteiger partial charge in [0.2, 0.25) is 0 Å². The van der Waals surface area contributed by atoms with Crippen molar-refractivity contribution in [3.8, 4) is 0 Å². The first-order chi connectivity index (χ1) is 7.49. The van der Waals surface area contributed by atoms with Gasteiger partial charge in [-0.15, -0.1) is 11.6 Å². The maximum absolute atomic E-state index is 11.8. The minimum atomic E-state index is -0.145. The van der Waals surface area contributed by atoms with Gasteiger partial charge in [0.1, 0.15) is 5.69 Å². The number of aromatic nitrogens is 1. The molecule has 1 aromatic rings. The van der Waals surface area contributed by atoms with E-state index in [0.29, 0.717) is 5.69 Å². The predicted octanol–water partition coefficient (Wildman–Crippen LogP) is 2.53. The Morgan fingerprint density at radius 2 is 2.19 bits per heavy atom. The van der Waals surface area contributed by atoms with Gasteiger partial charge >= 0.3 is 0 Å². The van der Waals surface area contributed by atoms with E-state index in [1.165, 1.54) is 0 Å². The zero-order chi connectivity index (χ0) is 12.1. The summed E-state index contributed by atoms with van der Waals surface area (Å²) >= 11 is 5.86. The molecular weight excluding hydrogens is 224 g/mol. The van der Waals surface area contributed by atoms with Crippen LogP contribution in [0.25, 0.3) is 0 Å². The Balaban J connectivity index is 2.59. The number of aryl methyl sites for hydroxylation is 1. The van der Waals surface area contributed by atoms with Crippen molar-refractivity contribution in [2.24, 2.45) is 0 Å². The molecule has 4 heteroatoms. The Bertz CT molecular complexity index is 366. The van der Waals surface area contributed by atoms with Gasteiger partial charge in [0.15, 0.2) is 0 Å². The van der Waals surface area contributed by atoms with Crippen LogP contribution in [-0.2, 0) is 0 Å². The largest absolute Gasteiger partial charge is 0.348 e. The number of halogens is 1. The SMILES string of the molecule is Cc1cccc(C(=O)NC(C)CC(C)Cl)n1. The molecule has 1 amide bonds. The third kappa shape index (κ3) is 4.19. The van der Waals surface area contributed by atoms with Crippen molar-refractivity contribution in [1.82, 2.24) is 10.3 Å². The second kappa shape index (κ2) is 5.85. The fourth-order valence-electron chi connectivity index (χ4n) is 1.51. The lowest BCUT2D eigenvalue weighted by molar-refractivity contribution is 0.0933. The van der Waals surface area contributed by atoms with Crippen molar-refractivity contribution < 1.29 is 4.79 Å². The molecule has 3 nitrogen and oxygen atoms in total. The van der Waals surface area contributed by atoms with Crippen LogP contribution in [0.2, 0.25) is 0 Å². The number of nitrogens with zero attached hydrogens (tertiary/aromatic N) is 1. The number of amides is 1. The number of hydrogen-bond donors (Lipinski definition) is 1. The first-order valence-corrected chi connectivity index (χ1v) is 5.81. The molecule has 1 aromatic heterocycles. The standard InChI is InChI=1S/C12H17ClN2O/c1-8(13)7-10(3)15-12(16)11-6-4-5-9(2)14-11/h4-6,8,10H,7H2,1-3H3,(H,15,16). The summed E-state index contributed by atoms with van der Waals surface area (Å²) in [5.74, 6) is -0.145. The van der Waals surface area contributed by atoms with Crippen LogP contribution in [0.15, 0.2) is 18.2 Å². The fraction of sp³-hybridized carbons (Fsp3) is 0.500. The predicted molar refractivity (Wildman–Crippen MR) is 65.8 cm³/mol. The molecule has 2 unspecified atom stereocenters. The Kier molecular flexibility index (Phi) is 4.74. The number of alkyl halides is 1. The average molecular weight is 241 g/mol. The molecule has 0 radical (unpaired) electrons. The highest BCUT2D eigenvalue weighted by atomic mass is 35.5. The summed E-state index contributed by atoms with van der Waals surface area (Å²) in [5, 5.41) is 2.93. The molecular formula is C12H17ClN2O. The summed E-state index contributed by atoms with van der Waals surface area (Å²) in [5.41, 5.74) is 1.29. The lowest BCUT2D eigenvalue weighted by Gasteiger charge is -2.14. The van der Waals surface area contributed by atoms with Crippen LogP contribution in [0.4, 0.5) is 0 Å². The van der Waals surface area contributed by atoms with Gasteiger partial charge in [-0.05, 0) is 39.3 Å². The van der Waals surface area contributed by atoms with Crippen LogP contribution in [0.3, 0.4) is 0 Å². The zero-order valence-electron chi connectivity index (χ0n) is 9.83. The molecule has 1 N–H and O–H groups in total. The van der Waals surface area contributed by atoms with E-state index in [4.69, 9.17) is 11.6 Å². The minimum Gasteiger partial charge on any atom is -0.348 e. The van der Waals surface area contributed by atoms with Crippen molar-refractivity contribution in [3.63, 3.8) is 0 Å². The molecule has 0 saturated carbocycles. The molecule has 1 heterocycles. The summed E-state index contributed by atoms with van der Waals surface area (Å²) in [6.45, 7) is 5.71. The molecule has 0 spiro atoms. The highest BCUT2D eigenvalue weighted by Gasteiger charge is 2.12. The van der Waals surface area contributed by atoms with Gasteiger partial charge in [-0.1, -0.05) is 6.07 Å². The van der Waals surface area contributed by atoms with E-state index in [1.807, 2.05) is 32.9 Å². The number of carbonyl (C=O) groups is 1. The normalized spacial score (nSPS) is 14.2. The lowest BCUT2D eigenvalue weighted by atomic mass is 10.2. The summed E-state index contributed by atoms with van der Waals surface area (Å²) in [6, 6.07) is 5.45. The van der Waals surface area contributed by atoms with E-state index in [-0.39, 0.29) is 17.3 Å². The van der Waals surface area contributed by atoms with Crippen molar-refractivity contribution in [3.05, 3.63) is 29.6 Å².